The molecule has 10 heteroatoms. The molecule has 35 heavy (non-hydrogen) atoms. The second-order valence-corrected chi connectivity index (χ2v) is 9.68. The normalized spacial score (nSPS) is 15.2. The van der Waals surface area contributed by atoms with Crippen LogP contribution in [0.5, 0.6) is 0 Å². The number of anilines is 1. The number of esters is 1. The molecule has 1 heterocycles. The van der Waals surface area contributed by atoms with Crippen LogP contribution >= 0.6 is 0 Å². The fourth-order valence-corrected chi connectivity index (χ4v) is 5.02. The summed E-state index contributed by atoms with van der Waals surface area (Å²) in [4.78, 5) is 25.8. The molecule has 0 saturated carbocycles. The first kappa shape index (κ1) is 24.5. The number of morpholine rings is 1. The van der Waals surface area contributed by atoms with Gasteiger partial charge in [0.05, 0.1) is 23.7 Å². The Labute approximate surface area is 202 Å². The Balaban J connectivity index is 1.56. The van der Waals surface area contributed by atoms with Crippen LogP contribution in [0.15, 0.2) is 83.8 Å². The Morgan fingerprint density at radius 3 is 2.37 bits per heavy atom. The molecule has 1 aliphatic heterocycles. The highest BCUT2D eigenvalue weighted by atomic mass is 32.2. The maximum Gasteiger partial charge on any atom is 0.339 e. The van der Waals surface area contributed by atoms with Gasteiger partial charge in [0, 0.05) is 24.3 Å². The van der Waals surface area contributed by atoms with Crippen LogP contribution < -0.4 is 5.32 Å². The van der Waals surface area contributed by atoms with Crippen molar-refractivity contribution in [2.24, 2.45) is 0 Å². The number of carbonyl (C=O) groups excluding carboxylic acids is 2. The third-order valence-corrected chi connectivity index (χ3v) is 7.23. The van der Waals surface area contributed by atoms with Gasteiger partial charge in [-0.3, -0.25) is 4.79 Å². The second kappa shape index (κ2) is 10.8. The molecule has 1 aliphatic rings. The maximum atomic E-state index is 13.6. The summed E-state index contributed by atoms with van der Waals surface area (Å²) in [7, 11) is -3.77. The minimum atomic E-state index is -3.77. The topological polar surface area (TPSA) is 102 Å². The first-order chi connectivity index (χ1) is 16.8. The molecule has 4 rings (SSSR count). The summed E-state index contributed by atoms with van der Waals surface area (Å²) in [5.74, 6) is -2.18. The van der Waals surface area contributed by atoms with Crippen molar-refractivity contribution in [3.05, 3.63) is 95.8 Å². The van der Waals surface area contributed by atoms with Crippen molar-refractivity contribution in [1.82, 2.24) is 4.31 Å². The lowest BCUT2D eigenvalue weighted by atomic mass is 10.1. The number of sulfonamides is 1. The van der Waals surface area contributed by atoms with Crippen LogP contribution in [0.1, 0.15) is 22.0 Å². The third kappa shape index (κ3) is 5.91. The van der Waals surface area contributed by atoms with E-state index in [1.165, 1.54) is 46.8 Å². The van der Waals surface area contributed by atoms with E-state index < -0.39 is 33.8 Å². The zero-order valence-corrected chi connectivity index (χ0v) is 19.4. The van der Waals surface area contributed by atoms with E-state index >= 15 is 0 Å². The van der Waals surface area contributed by atoms with Crippen molar-refractivity contribution < 1.29 is 31.9 Å². The van der Waals surface area contributed by atoms with Gasteiger partial charge in [-0.15, -0.1) is 0 Å². The van der Waals surface area contributed by atoms with E-state index in [0.717, 1.165) is 6.07 Å². The molecule has 0 aliphatic carbocycles. The van der Waals surface area contributed by atoms with Gasteiger partial charge < -0.3 is 14.8 Å². The molecule has 0 bridgehead atoms. The van der Waals surface area contributed by atoms with E-state index in [1.807, 2.05) is 0 Å². The third-order valence-electron chi connectivity index (χ3n) is 5.34. The Morgan fingerprint density at radius 2 is 1.66 bits per heavy atom. The van der Waals surface area contributed by atoms with Crippen LogP contribution in [-0.2, 0) is 24.3 Å². The zero-order chi connectivity index (χ0) is 24.8. The summed E-state index contributed by atoms with van der Waals surface area (Å²) in [6.07, 6.45) is -1.36. The zero-order valence-electron chi connectivity index (χ0n) is 18.6. The molecule has 3 aromatic rings. The van der Waals surface area contributed by atoms with Crippen LogP contribution in [0, 0.1) is 5.82 Å². The largest absolute Gasteiger partial charge is 0.444 e. The lowest BCUT2D eigenvalue weighted by molar-refractivity contribution is -0.125. The lowest BCUT2D eigenvalue weighted by Crippen LogP contribution is -2.40. The fraction of sp³-hybridized carbons (Fsp3) is 0.200. The predicted octanol–water partition coefficient (Wildman–Crippen LogP) is 3.38. The maximum absolute atomic E-state index is 13.6. The van der Waals surface area contributed by atoms with Gasteiger partial charge in [0.15, 0.2) is 0 Å². The van der Waals surface area contributed by atoms with Crippen molar-refractivity contribution in [2.45, 2.75) is 11.0 Å². The number of hydrogen-bond acceptors (Lipinski definition) is 6. The smallest absolute Gasteiger partial charge is 0.339 e. The average Bonchev–Trinajstić information content (AvgIpc) is 2.88. The number of carbonyl (C=O) groups is 2. The van der Waals surface area contributed by atoms with Gasteiger partial charge in [0.2, 0.25) is 16.1 Å². The number of nitrogens with zero attached hydrogens (tertiary/aromatic N) is 1. The molecule has 1 fully saturated rings. The number of rotatable bonds is 7. The molecule has 1 atom stereocenters. The van der Waals surface area contributed by atoms with E-state index in [0.29, 0.717) is 18.8 Å². The van der Waals surface area contributed by atoms with Crippen molar-refractivity contribution in [2.75, 3.05) is 31.6 Å². The van der Waals surface area contributed by atoms with Gasteiger partial charge >= 0.3 is 5.97 Å². The summed E-state index contributed by atoms with van der Waals surface area (Å²) < 4.78 is 51.5. The van der Waals surface area contributed by atoms with Crippen LogP contribution in [-0.4, -0.2) is 50.9 Å². The van der Waals surface area contributed by atoms with Gasteiger partial charge in [0.1, 0.15) is 5.82 Å². The van der Waals surface area contributed by atoms with Crippen LogP contribution in [0.3, 0.4) is 0 Å². The highest BCUT2D eigenvalue weighted by Crippen LogP contribution is 2.24. The summed E-state index contributed by atoms with van der Waals surface area (Å²) >= 11 is 0. The van der Waals surface area contributed by atoms with Gasteiger partial charge in [0.25, 0.3) is 5.91 Å². The Kier molecular flexibility index (Phi) is 7.54. The molecule has 182 valence electrons. The molecule has 3 aromatic carbocycles. The predicted molar refractivity (Wildman–Crippen MR) is 126 cm³/mol. The molecule has 0 radical (unpaired) electrons. The van der Waals surface area contributed by atoms with Crippen LogP contribution in [0.4, 0.5) is 10.1 Å². The number of ether oxygens (including phenoxy) is 2. The van der Waals surface area contributed by atoms with Crippen LogP contribution in [0.2, 0.25) is 0 Å². The average molecular weight is 499 g/mol. The number of nitrogens with one attached hydrogen (secondary N) is 1. The first-order valence-electron chi connectivity index (χ1n) is 10.8. The van der Waals surface area contributed by atoms with E-state index in [-0.39, 0.29) is 29.2 Å². The number of halogens is 1. The molecule has 0 aromatic heterocycles. The van der Waals surface area contributed by atoms with E-state index in [2.05, 4.69) is 5.32 Å². The van der Waals surface area contributed by atoms with Gasteiger partial charge in [-0.25, -0.2) is 17.6 Å². The molecule has 0 spiro atoms. The first-order valence-corrected chi connectivity index (χ1v) is 12.3. The highest BCUT2D eigenvalue weighted by molar-refractivity contribution is 7.89. The number of benzene rings is 3. The number of hydrogen-bond donors (Lipinski definition) is 1. The molecule has 0 unspecified atom stereocenters. The Hall–Kier alpha value is -3.60. The minimum absolute atomic E-state index is 0.0187. The van der Waals surface area contributed by atoms with Crippen molar-refractivity contribution >= 4 is 27.6 Å². The summed E-state index contributed by atoms with van der Waals surface area (Å²) in [6.45, 7) is 1.10. The number of amides is 1. The van der Waals surface area contributed by atoms with Crippen LogP contribution in [0.25, 0.3) is 0 Å². The second-order valence-electron chi connectivity index (χ2n) is 7.74. The SMILES string of the molecule is O=C(O[C@H](C(=O)Nc1cccc(S(=O)(=O)N2CCOCC2)c1)c1ccccc1)c1cccc(F)c1. The van der Waals surface area contributed by atoms with Gasteiger partial charge in [-0.05, 0) is 36.4 Å². The van der Waals surface area contributed by atoms with Gasteiger partial charge in [-0.2, -0.15) is 4.31 Å². The Morgan fingerprint density at radius 1 is 0.943 bits per heavy atom. The Bertz CT molecular complexity index is 1310. The summed E-state index contributed by atoms with van der Waals surface area (Å²) in [5.41, 5.74) is 0.566. The van der Waals surface area contributed by atoms with E-state index in [1.54, 1.807) is 30.3 Å². The molecule has 1 saturated heterocycles. The van der Waals surface area contributed by atoms with Crippen molar-refractivity contribution in [3.8, 4) is 0 Å². The molecule has 1 amide bonds. The fourth-order valence-electron chi connectivity index (χ4n) is 3.57. The quantitative estimate of drug-likeness (QED) is 0.501. The minimum Gasteiger partial charge on any atom is -0.444 e. The molecular formula is C25H23FN2O6S. The molecule has 8 nitrogen and oxygen atoms in total. The van der Waals surface area contributed by atoms with Crippen molar-refractivity contribution in [1.29, 1.82) is 0 Å². The monoisotopic (exact) mass is 498 g/mol. The summed E-state index contributed by atoms with van der Waals surface area (Å²) in [6, 6.07) is 19.1. The standard InChI is InChI=1S/C25H23FN2O6S/c26-20-9-4-8-19(16-20)25(30)34-23(18-6-2-1-3-7-18)24(29)27-21-10-5-11-22(17-21)35(31,32)28-12-14-33-15-13-28/h1-11,16-17,23H,12-15H2,(H,27,29)/t23-/m0/s1. The van der Waals surface area contributed by atoms with E-state index in [9.17, 15) is 22.4 Å². The van der Waals surface area contributed by atoms with Gasteiger partial charge in [-0.1, -0.05) is 42.5 Å². The lowest BCUT2D eigenvalue weighted by Gasteiger charge is -2.26. The van der Waals surface area contributed by atoms with E-state index in [4.69, 9.17) is 9.47 Å². The molecular weight excluding hydrogens is 475 g/mol. The molecule has 1 N–H and O–H groups in total. The van der Waals surface area contributed by atoms with Crippen molar-refractivity contribution in [3.63, 3.8) is 0 Å². The summed E-state index contributed by atoms with van der Waals surface area (Å²) in [5, 5.41) is 2.63. The highest BCUT2D eigenvalue weighted by Gasteiger charge is 2.28.